The highest BCUT2D eigenvalue weighted by Crippen LogP contribution is 2.21. The van der Waals surface area contributed by atoms with Crippen molar-refractivity contribution in [3.63, 3.8) is 0 Å². The molecule has 2 rings (SSSR count). The smallest absolute Gasteiger partial charge is 0.255 e. The van der Waals surface area contributed by atoms with Crippen molar-refractivity contribution in [2.24, 2.45) is 5.73 Å². The Labute approximate surface area is 132 Å². The van der Waals surface area contributed by atoms with Gasteiger partial charge in [0, 0.05) is 36.3 Å². The van der Waals surface area contributed by atoms with Gasteiger partial charge in [-0.15, -0.1) is 0 Å². The number of hydrogen-bond acceptors (Lipinski definition) is 4. The van der Waals surface area contributed by atoms with E-state index in [9.17, 15) is 9.59 Å². The van der Waals surface area contributed by atoms with Crippen LogP contribution < -0.4 is 11.5 Å². The molecule has 7 heteroatoms. The molecule has 0 unspecified atom stereocenters. The average molecular weight is 355 g/mol. The Balaban J connectivity index is 2.06. The van der Waals surface area contributed by atoms with Gasteiger partial charge in [0.1, 0.15) is 0 Å². The van der Waals surface area contributed by atoms with Crippen LogP contribution in [0.4, 0.5) is 5.69 Å². The number of primary amides is 1. The van der Waals surface area contributed by atoms with Crippen molar-refractivity contribution in [2.75, 3.05) is 38.5 Å². The zero-order valence-corrected chi connectivity index (χ0v) is 13.3. The number of hydrogen-bond donors (Lipinski definition) is 2. The Bertz CT molecular complexity index is 550. The minimum Gasteiger partial charge on any atom is -0.399 e. The molecule has 0 atom stereocenters. The minimum atomic E-state index is -0.339. The van der Waals surface area contributed by atoms with Gasteiger partial charge in [-0.2, -0.15) is 0 Å². The van der Waals surface area contributed by atoms with E-state index in [-0.39, 0.29) is 18.4 Å². The van der Waals surface area contributed by atoms with Crippen LogP contribution in [0.3, 0.4) is 0 Å². The summed E-state index contributed by atoms with van der Waals surface area (Å²) in [6.45, 7) is 2.89. The van der Waals surface area contributed by atoms with Gasteiger partial charge in [0.25, 0.3) is 5.91 Å². The second kappa shape index (κ2) is 6.91. The maximum absolute atomic E-state index is 12.6. The maximum atomic E-state index is 12.6. The minimum absolute atomic E-state index is 0.0462. The van der Waals surface area contributed by atoms with Crippen molar-refractivity contribution in [1.29, 1.82) is 0 Å². The van der Waals surface area contributed by atoms with Gasteiger partial charge in [-0.3, -0.25) is 14.5 Å². The highest BCUT2D eigenvalue weighted by molar-refractivity contribution is 9.10. The number of rotatable bonds is 3. The fraction of sp³-hybridized carbons (Fsp3) is 0.429. The molecule has 114 valence electrons. The molecule has 0 aliphatic carbocycles. The lowest BCUT2D eigenvalue weighted by molar-refractivity contribution is -0.119. The van der Waals surface area contributed by atoms with Gasteiger partial charge in [0.2, 0.25) is 5.91 Å². The van der Waals surface area contributed by atoms with Crippen molar-refractivity contribution in [3.8, 4) is 0 Å². The molecule has 21 heavy (non-hydrogen) atoms. The number of nitrogen functional groups attached to an aromatic ring is 1. The highest BCUT2D eigenvalue weighted by atomic mass is 79.9. The standard InChI is InChI=1S/C14H19BrN4O2/c15-12-3-2-10(16)8-11(12)14(21)19-5-1-4-18(6-7-19)9-13(17)20/h2-3,8H,1,4-7,9,16H2,(H2,17,20). The van der Waals surface area contributed by atoms with E-state index in [4.69, 9.17) is 11.5 Å². The summed E-state index contributed by atoms with van der Waals surface area (Å²) in [5, 5.41) is 0. The molecule has 4 N–H and O–H groups in total. The van der Waals surface area contributed by atoms with Gasteiger partial charge in [0.05, 0.1) is 12.1 Å². The fourth-order valence-corrected chi connectivity index (χ4v) is 2.85. The average Bonchev–Trinajstić information content (AvgIpc) is 2.66. The Morgan fingerprint density at radius 2 is 1.95 bits per heavy atom. The van der Waals surface area contributed by atoms with E-state index in [2.05, 4.69) is 15.9 Å². The predicted molar refractivity (Wildman–Crippen MR) is 84.7 cm³/mol. The fourth-order valence-electron chi connectivity index (χ4n) is 2.43. The van der Waals surface area contributed by atoms with Gasteiger partial charge in [-0.25, -0.2) is 0 Å². The molecule has 1 heterocycles. The van der Waals surface area contributed by atoms with Crippen LogP contribution in [0.25, 0.3) is 0 Å². The SMILES string of the molecule is NC(=O)CN1CCCN(C(=O)c2cc(N)ccc2Br)CC1. The van der Waals surface area contributed by atoms with Gasteiger partial charge < -0.3 is 16.4 Å². The zero-order chi connectivity index (χ0) is 15.4. The zero-order valence-electron chi connectivity index (χ0n) is 11.7. The van der Waals surface area contributed by atoms with Crippen LogP contribution >= 0.6 is 15.9 Å². The lowest BCUT2D eigenvalue weighted by Crippen LogP contribution is -2.38. The van der Waals surface area contributed by atoms with Crippen molar-refractivity contribution < 1.29 is 9.59 Å². The molecular formula is C14H19BrN4O2. The quantitative estimate of drug-likeness (QED) is 0.780. The third kappa shape index (κ3) is 4.18. The molecule has 1 aliphatic heterocycles. The molecule has 1 aromatic rings. The van der Waals surface area contributed by atoms with E-state index in [0.717, 1.165) is 17.4 Å². The van der Waals surface area contributed by atoms with Gasteiger partial charge >= 0.3 is 0 Å². The largest absolute Gasteiger partial charge is 0.399 e. The van der Waals surface area contributed by atoms with Gasteiger partial charge in [-0.1, -0.05) is 0 Å². The normalized spacial score (nSPS) is 16.5. The number of carbonyl (C=O) groups excluding carboxylic acids is 2. The molecule has 1 aromatic carbocycles. The van der Waals surface area contributed by atoms with E-state index in [1.165, 1.54) is 0 Å². The third-order valence-corrected chi connectivity index (χ3v) is 4.17. The molecule has 0 saturated carbocycles. The van der Waals surface area contributed by atoms with E-state index in [1.54, 1.807) is 23.1 Å². The van der Waals surface area contributed by atoms with E-state index < -0.39 is 0 Å². The van der Waals surface area contributed by atoms with Crippen molar-refractivity contribution >= 4 is 33.4 Å². The molecule has 1 saturated heterocycles. The summed E-state index contributed by atoms with van der Waals surface area (Å²) in [5.41, 5.74) is 12.1. The molecule has 0 aromatic heterocycles. The number of nitrogens with zero attached hydrogens (tertiary/aromatic N) is 2. The maximum Gasteiger partial charge on any atom is 0.255 e. The van der Waals surface area contributed by atoms with Crippen molar-refractivity contribution in [2.45, 2.75) is 6.42 Å². The summed E-state index contributed by atoms with van der Waals surface area (Å²) in [7, 11) is 0. The van der Waals surface area contributed by atoms with E-state index >= 15 is 0 Å². The predicted octanol–water partition coefficient (Wildman–Crippen LogP) is 0.665. The lowest BCUT2D eigenvalue weighted by Gasteiger charge is -2.22. The number of halogens is 1. The Hall–Kier alpha value is -1.60. The van der Waals surface area contributed by atoms with Crippen LogP contribution in [0.2, 0.25) is 0 Å². The molecule has 0 bridgehead atoms. The summed E-state index contributed by atoms with van der Waals surface area (Å²) < 4.78 is 0.736. The van der Waals surface area contributed by atoms with Crippen LogP contribution in [0.1, 0.15) is 16.8 Å². The monoisotopic (exact) mass is 354 g/mol. The highest BCUT2D eigenvalue weighted by Gasteiger charge is 2.22. The van der Waals surface area contributed by atoms with Crippen LogP contribution in [0.15, 0.2) is 22.7 Å². The van der Waals surface area contributed by atoms with Crippen molar-refractivity contribution in [3.05, 3.63) is 28.2 Å². The summed E-state index contributed by atoms with van der Waals surface area (Å²) >= 11 is 3.39. The number of amides is 2. The first-order valence-electron chi connectivity index (χ1n) is 6.82. The summed E-state index contributed by atoms with van der Waals surface area (Å²) in [4.78, 5) is 27.3. The topological polar surface area (TPSA) is 92.7 Å². The van der Waals surface area contributed by atoms with Crippen LogP contribution in [0.5, 0.6) is 0 Å². The molecule has 6 nitrogen and oxygen atoms in total. The van der Waals surface area contributed by atoms with Gasteiger partial charge in [0.15, 0.2) is 0 Å². The third-order valence-electron chi connectivity index (χ3n) is 3.48. The summed E-state index contributed by atoms with van der Waals surface area (Å²) in [6, 6.07) is 5.20. The molecule has 0 radical (unpaired) electrons. The van der Waals surface area contributed by atoms with Crippen molar-refractivity contribution in [1.82, 2.24) is 9.80 Å². The van der Waals surface area contributed by atoms with E-state index in [1.807, 2.05) is 4.90 Å². The number of carbonyl (C=O) groups is 2. The van der Waals surface area contributed by atoms with Crippen LogP contribution in [-0.4, -0.2) is 54.3 Å². The Kier molecular flexibility index (Phi) is 5.19. The molecular weight excluding hydrogens is 336 g/mol. The first-order valence-corrected chi connectivity index (χ1v) is 7.61. The molecule has 0 spiro atoms. The lowest BCUT2D eigenvalue weighted by atomic mass is 10.1. The number of anilines is 1. The number of nitrogens with two attached hydrogens (primary N) is 2. The van der Waals surface area contributed by atoms with E-state index in [0.29, 0.717) is 30.9 Å². The molecule has 2 amide bonds. The van der Waals surface area contributed by atoms with Crippen LogP contribution in [-0.2, 0) is 4.79 Å². The van der Waals surface area contributed by atoms with Gasteiger partial charge in [-0.05, 0) is 40.5 Å². The first kappa shape index (κ1) is 15.8. The first-order chi connectivity index (χ1) is 9.97. The Morgan fingerprint density at radius 3 is 2.67 bits per heavy atom. The van der Waals surface area contributed by atoms with Crippen LogP contribution in [0, 0.1) is 0 Å². The second-order valence-corrected chi connectivity index (χ2v) is 5.98. The Morgan fingerprint density at radius 1 is 1.19 bits per heavy atom. The second-order valence-electron chi connectivity index (χ2n) is 5.13. The molecule has 1 aliphatic rings. The summed E-state index contributed by atoms with van der Waals surface area (Å²) in [5.74, 6) is -0.386. The molecule has 1 fully saturated rings. The summed E-state index contributed by atoms with van der Waals surface area (Å²) in [6.07, 6.45) is 0.818. The number of benzene rings is 1.